The number of carboxylic acid groups (broad SMARTS) is 1. The van der Waals surface area contributed by atoms with Gasteiger partial charge in [0.15, 0.2) is 8.32 Å². The second-order valence-corrected chi connectivity index (χ2v) is 11.4. The van der Waals surface area contributed by atoms with Crippen molar-refractivity contribution >= 4 is 20.8 Å². The molecule has 0 fully saturated rings. The number of hydrogen-bond donors (Lipinski definition) is 0. The molecule has 5 nitrogen and oxygen atoms in total. The lowest BCUT2D eigenvalue weighted by molar-refractivity contribution is -0.288. The molecule has 2 atom stereocenters. The number of carbonyl (C=O) groups excluding carboxylic acids is 2. The van der Waals surface area contributed by atoms with E-state index in [4.69, 9.17) is 4.43 Å². The van der Waals surface area contributed by atoms with Gasteiger partial charge in [-0.3, -0.25) is 0 Å². The number of carbonyl (C=O) groups is 2. The molecular weight excluding hydrogens is 276 g/mol. The fourth-order valence-corrected chi connectivity index (χ4v) is 2.60. The van der Waals surface area contributed by atoms with Crippen molar-refractivity contribution in [3.8, 4) is 0 Å². The largest absolute Gasteiger partial charge is 0.546 e. The zero-order chi connectivity index (χ0) is 16.0. The Hall–Kier alpha value is -0.883. The molecule has 0 bridgehead atoms. The first kappa shape index (κ1) is 19.1. The van der Waals surface area contributed by atoms with Crippen LogP contribution < -0.4 is 5.11 Å². The minimum atomic E-state index is -1.76. The third kappa shape index (κ3) is 6.52. The Morgan fingerprint density at radius 1 is 1.35 bits per heavy atom. The van der Waals surface area contributed by atoms with Gasteiger partial charge in [-0.2, -0.15) is 0 Å². The number of rotatable bonds is 8. The van der Waals surface area contributed by atoms with Crippen LogP contribution in [0.2, 0.25) is 18.1 Å². The lowest BCUT2D eigenvalue weighted by atomic mass is 10.00. The maximum atomic E-state index is 11.0. The Labute approximate surface area is 122 Å². The molecule has 0 aromatic heterocycles. The van der Waals surface area contributed by atoms with Crippen molar-refractivity contribution in [1.29, 1.82) is 0 Å². The standard InChI is InChI=1S/C14H28O5Si/c1-11(19-13(16)17)12(10-15)8-7-9-18-20(5,6)14(2,3)4/h10-12H,7-9H2,1-6H3,(H,16,17)/p-1. The van der Waals surface area contributed by atoms with E-state index in [0.717, 1.165) is 6.29 Å². The third-order valence-corrected chi connectivity index (χ3v) is 8.55. The van der Waals surface area contributed by atoms with Crippen LogP contribution in [0.25, 0.3) is 0 Å². The van der Waals surface area contributed by atoms with Gasteiger partial charge in [0.25, 0.3) is 6.16 Å². The van der Waals surface area contributed by atoms with Crippen molar-refractivity contribution in [2.75, 3.05) is 6.61 Å². The van der Waals surface area contributed by atoms with E-state index >= 15 is 0 Å². The molecule has 0 aliphatic carbocycles. The molecule has 0 radical (unpaired) electrons. The van der Waals surface area contributed by atoms with Crippen molar-refractivity contribution in [2.24, 2.45) is 5.92 Å². The fraction of sp³-hybridized carbons (Fsp3) is 0.857. The van der Waals surface area contributed by atoms with Crippen LogP contribution in [0, 0.1) is 5.92 Å². The monoisotopic (exact) mass is 303 g/mol. The fourth-order valence-electron chi connectivity index (χ4n) is 1.52. The van der Waals surface area contributed by atoms with Crippen molar-refractivity contribution in [1.82, 2.24) is 0 Å². The summed E-state index contributed by atoms with van der Waals surface area (Å²) in [7, 11) is -1.76. The minimum absolute atomic E-state index is 0.155. The molecule has 0 aliphatic rings. The van der Waals surface area contributed by atoms with Crippen LogP contribution in [0.15, 0.2) is 0 Å². The molecule has 20 heavy (non-hydrogen) atoms. The summed E-state index contributed by atoms with van der Waals surface area (Å²) < 4.78 is 10.5. The summed E-state index contributed by atoms with van der Waals surface area (Å²) in [6, 6.07) is 0. The lowest BCUT2D eigenvalue weighted by Crippen LogP contribution is -2.41. The molecule has 2 unspecified atom stereocenters. The number of ether oxygens (including phenoxy) is 1. The predicted molar refractivity (Wildman–Crippen MR) is 77.9 cm³/mol. The summed E-state index contributed by atoms with van der Waals surface area (Å²) in [5.41, 5.74) is 0. The first-order chi connectivity index (χ1) is 9.01. The topological polar surface area (TPSA) is 75.7 Å². The molecule has 118 valence electrons. The van der Waals surface area contributed by atoms with E-state index in [2.05, 4.69) is 38.6 Å². The zero-order valence-electron chi connectivity index (χ0n) is 13.4. The maximum absolute atomic E-state index is 11.0. The quantitative estimate of drug-likeness (QED) is 0.298. The first-order valence-electron chi connectivity index (χ1n) is 6.98. The first-order valence-corrected chi connectivity index (χ1v) is 9.89. The van der Waals surface area contributed by atoms with Gasteiger partial charge in [-0.15, -0.1) is 0 Å². The van der Waals surface area contributed by atoms with Gasteiger partial charge >= 0.3 is 0 Å². The normalized spacial score (nSPS) is 15.5. The summed E-state index contributed by atoms with van der Waals surface area (Å²) >= 11 is 0. The number of hydrogen-bond acceptors (Lipinski definition) is 5. The SMILES string of the molecule is CC(OC(=O)[O-])C(C=O)CCCO[Si](C)(C)C(C)(C)C. The molecule has 6 heteroatoms. The second-order valence-electron chi connectivity index (χ2n) is 6.62. The van der Waals surface area contributed by atoms with E-state index < -0.39 is 26.5 Å². The van der Waals surface area contributed by atoms with Crippen LogP contribution in [-0.4, -0.2) is 33.5 Å². The molecule has 0 saturated heterocycles. The average Bonchev–Trinajstić information content (AvgIpc) is 2.26. The van der Waals surface area contributed by atoms with Crippen LogP contribution in [0.4, 0.5) is 4.79 Å². The highest BCUT2D eigenvalue weighted by atomic mass is 28.4. The van der Waals surface area contributed by atoms with E-state index in [1.807, 2.05) is 0 Å². The van der Waals surface area contributed by atoms with Gasteiger partial charge in [-0.1, -0.05) is 20.8 Å². The highest BCUT2D eigenvalue weighted by molar-refractivity contribution is 6.74. The van der Waals surface area contributed by atoms with Crippen LogP contribution in [0.1, 0.15) is 40.5 Å². The van der Waals surface area contributed by atoms with Gasteiger partial charge in [0, 0.05) is 18.6 Å². The predicted octanol–water partition coefficient (Wildman–Crippen LogP) is 2.35. The third-order valence-electron chi connectivity index (χ3n) is 4.01. The summed E-state index contributed by atoms with van der Waals surface area (Å²) in [6.07, 6.45) is -0.282. The summed E-state index contributed by atoms with van der Waals surface area (Å²) in [5, 5.41) is 10.5. The van der Waals surface area contributed by atoms with E-state index in [0.29, 0.717) is 19.4 Å². The van der Waals surface area contributed by atoms with Gasteiger partial charge in [0.2, 0.25) is 0 Å². The maximum Gasteiger partial charge on any atom is 0.252 e. The Morgan fingerprint density at radius 3 is 2.30 bits per heavy atom. The Balaban J connectivity index is 4.16. The Morgan fingerprint density at radius 2 is 1.90 bits per heavy atom. The molecule has 0 heterocycles. The highest BCUT2D eigenvalue weighted by Crippen LogP contribution is 2.36. The van der Waals surface area contributed by atoms with E-state index in [9.17, 15) is 14.7 Å². The van der Waals surface area contributed by atoms with Gasteiger partial charge in [0.1, 0.15) is 6.29 Å². The minimum Gasteiger partial charge on any atom is -0.546 e. The van der Waals surface area contributed by atoms with Gasteiger partial charge in [-0.25, -0.2) is 0 Å². The van der Waals surface area contributed by atoms with Crippen LogP contribution in [0.3, 0.4) is 0 Å². The van der Waals surface area contributed by atoms with E-state index in [-0.39, 0.29) is 5.04 Å². The Bertz CT molecular complexity index is 322. The second kappa shape index (κ2) is 7.78. The van der Waals surface area contributed by atoms with E-state index in [1.165, 1.54) is 0 Å². The molecule has 0 rings (SSSR count). The molecular formula is C14H27O5Si-. The molecule has 0 N–H and O–H groups in total. The summed E-state index contributed by atoms with van der Waals surface area (Å²) in [5.74, 6) is -0.448. The molecule has 0 amide bonds. The van der Waals surface area contributed by atoms with E-state index in [1.54, 1.807) is 6.92 Å². The zero-order valence-corrected chi connectivity index (χ0v) is 14.4. The number of aldehydes is 1. The molecule has 0 saturated carbocycles. The summed E-state index contributed by atoms with van der Waals surface area (Å²) in [4.78, 5) is 21.3. The van der Waals surface area contributed by atoms with Crippen molar-refractivity contribution in [3.05, 3.63) is 0 Å². The van der Waals surface area contributed by atoms with Gasteiger partial charge in [0.05, 0.1) is 0 Å². The highest BCUT2D eigenvalue weighted by Gasteiger charge is 2.36. The smallest absolute Gasteiger partial charge is 0.252 e. The molecule has 0 spiro atoms. The van der Waals surface area contributed by atoms with Crippen molar-refractivity contribution < 1.29 is 23.9 Å². The van der Waals surface area contributed by atoms with Gasteiger partial charge < -0.3 is 23.9 Å². The Kier molecular flexibility index (Phi) is 7.44. The molecule has 0 aromatic carbocycles. The van der Waals surface area contributed by atoms with Crippen molar-refractivity contribution in [3.63, 3.8) is 0 Å². The lowest BCUT2D eigenvalue weighted by Gasteiger charge is -2.36. The van der Waals surface area contributed by atoms with Crippen LogP contribution in [-0.2, 0) is 14.0 Å². The van der Waals surface area contributed by atoms with Crippen molar-refractivity contribution in [2.45, 2.75) is 64.8 Å². The average molecular weight is 303 g/mol. The van der Waals surface area contributed by atoms with Gasteiger partial charge in [-0.05, 0) is 37.9 Å². The molecule has 0 aromatic rings. The molecule has 0 aliphatic heterocycles. The van der Waals surface area contributed by atoms with Crippen LogP contribution in [0.5, 0.6) is 0 Å². The van der Waals surface area contributed by atoms with Crippen LogP contribution >= 0.6 is 0 Å². The summed E-state index contributed by atoms with van der Waals surface area (Å²) in [6.45, 7) is 13.0.